The summed E-state index contributed by atoms with van der Waals surface area (Å²) in [5.41, 5.74) is 0.339. The third kappa shape index (κ3) is 1.45. The van der Waals surface area contributed by atoms with E-state index in [9.17, 15) is 5.11 Å². The summed E-state index contributed by atoms with van der Waals surface area (Å²) in [6.07, 6.45) is 5.04. The van der Waals surface area contributed by atoms with E-state index in [1.807, 2.05) is 30.3 Å². The molecule has 1 N–H and O–H groups in total. The first-order valence-corrected chi connectivity index (χ1v) is 7.08. The molecule has 4 rings (SSSR count). The Balaban J connectivity index is 1.65. The number of benzene rings is 1. The normalized spacial score (nSPS) is 43.8. The first kappa shape index (κ1) is 10.6. The van der Waals surface area contributed by atoms with Crippen LogP contribution in [-0.4, -0.2) is 10.7 Å². The number of hydrogen-bond acceptors (Lipinski definition) is 1. The van der Waals surface area contributed by atoms with E-state index < -0.39 is 5.60 Å². The van der Waals surface area contributed by atoms with E-state index in [0.717, 1.165) is 17.4 Å². The Morgan fingerprint density at radius 1 is 1.00 bits per heavy atom. The van der Waals surface area contributed by atoms with Crippen molar-refractivity contribution in [2.45, 2.75) is 31.3 Å². The summed E-state index contributed by atoms with van der Waals surface area (Å²) in [4.78, 5) is 0. The highest BCUT2D eigenvalue weighted by Gasteiger charge is 2.63. The van der Waals surface area contributed by atoms with Crippen molar-refractivity contribution in [2.75, 3.05) is 0 Å². The van der Waals surface area contributed by atoms with Crippen LogP contribution in [-0.2, 0) is 0 Å². The van der Waals surface area contributed by atoms with E-state index in [0.29, 0.717) is 11.8 Å². The monoisotopic (exact) mass is 238 g/mol. The Hall–Kier alpha value is -1.26. The fourth-order valence-electron chi connectivity index (χ4n) is 4.02. The maximum atomic E-state index is 11.0. The first-order chi connectivity index (χ1) is 8.77. The van der Waals surface area contributed by atoms with E-state index >= 15 is 0 Å². The Morgan fingerprint density at radius 3 is 2.56 bits per heavy atom. The second-order valence-electron chi connectivity index (χ2n) is 6.22. The van der Waals surface area contributed by atoms with Crippen LogP contribution >= 0.6 is 0 Å². The quantitative estimate of drug-likeness (QED) is 0.689. The van der Waals surface area contributed by atoms with E-state index in [2.05, 4.69) is 11.8 Å². The van der Waals surface area contributed by atoms with Crippen molar-refractivity contribution in [3.63, 3.8) is 0 Å². The van der Waals surface area contributed by atoms with Crippen LogP contribution in [0.4, 0.5) is 0 Å². The minimum atomic E-state index is -0.679. The van der Waals surface area contributed by atoms with Gasteiger partial charge in [0, 0.05) is 17.4 Å². The van der Waals surface area contributed by atoms with Crippen molar-refractivity contribution in [1.82, 2.24) is 0 Å². The summed E-state index contributed by atoms with van der Waals surface area (Å²) < 4.78 is 0. The molecule has 3 fully saturated rings. The van der Waals surface area contributed by atoms with Crippen molar-refractivity contribution < 1.29 is 5.11 Å². The third-order valence-electron chi connectivity index (χ3n) is 5.26. The minimum Gasteiger partial charge on any atom is -0.377 e. The van der Waals surface area contributed by atoms with Crippen molar-refractivity contribution in [3.05, 3.63) is 35.9 Å². The lowest BCUT2D eigenvalue weighted by molar-refractivity contribution is -0.0832. The summed E-state index contributed by atoms with van der Waals surface area (Å²) in [5, 5.41) is 11.0. The molecule has 0 spiro atoms. The lowest BCUT2D eigenvalue weighted by Crippen LogP contribution is -2.51. The van der Waals surface area contributed by atoms with Crippen LogP contribution in [0.5, 0.6) is 0 Å². The standard InChI is InChI=1S/C17H18O/c18-17(9-8-12-4-2-1-3-5-12)15-7-6-13(15)10-14-11-16(14)17/h1-5,13-16,18H,6-7,10-11H2/t13-,14-,15-,16+,17-/m1/s1. The summed E-state index contributed by atoms with van der Waals surface area (Å²) in [6, 6.07) is 10.0. The van der Waals surface area contributed by atoms with Crippen molar-refractivity contribution in [2.24, 2.45) is 23.7 Å². The fourth-order valence-corrected chi connectivity index (χ4v) is 4.02. The molecular weight excluding hydrogens is 220 g/mol. The van der Waals surface area contributed by atoms with Crippen LogP contribution in [0.15, 0.2) is 30.3 Å². The van der Waals surface area contributed by atoms with E-state index in [4.69, 9.17) is 0 Å². The fraction of sp³-hybridized carbons (Fsp3) is 0.529. The van der Waals surface area contributed by atoms with Gasteiger partial charge in [0.1, 0.15) is 5.60 Å². The number of fused-ring (bicyclic) bond motifs is 2. The van der Waals surface area contributed by atoms with Crippen molar-refractivity contribution in [3.8, 4) is 11.8 Å². The van der Waals surface area contributed by atoms with Crippen LogP contribution in [0.1, 0.15) is 31.2 Å². The molecule has 1 aromatic rings. The Kier molecular flexibility index (Phi) is 2.14. The summed E-state index contributed by atoms with van der Waals surface area (Å²) >= 11 is 0. The van der Waals surface area contributed by atoms with E-state index in [1.165, 1.54) is 25.7 Å². The molecule has 0 aromatic heterocycles. The van der Waals surface area contributed by atoms with Gasteiger partial charge in [-0.1, -0.05) is 30.0 Å². The number of rotatable bonds is 0. The molecule has 0 amide bonds. The molecule has 18 heavy (non-hydrogen) atoms. The number of hydrogen-bond donors (Lipinski definition) is 1. The van der Waals surface area contributed by atoms with Gasteiger partial charge in [0.15, 0.2) is 0 Å². The maximum absolute atomic E-state index is 11.0. The molecule has 1 aromatic carbocycles. The van der Waals surface area contributed by atoms with Crippen LogP contribution in [0.25, 0.3) is 0 Å². The minimum absolute atomic E-state index is 0.456. The summed E-state index contributed by atoms with van der Waals surface area (Å²) in [6.45, 7) is 0. The van der Waals surface area contributed by atoms with Crippen molar-refractivity contribution in [1.29, 1.82) is 0 Å². The van der Waals surface area contributed by atoms with Crippen LogP contribution in [0, 0.1) is 35.5 Å². The molecule has 0 bridgehead atoms. The Labute approximate surface area is 108 Å². The Morgan fingerprint density at radius 2 is 1.83 bits per heavy atom. The predicted molar refractivity (Wildman–Crippen MR) is 70.7 cm³/mol. The van der Waals surface area contributed by atoms with Gasteiger partial charge in [-0.05, 0) is 49.7 Å². The number of aliphatic hydroxyl groups is 1. The molecule has 5 atom stereocenters. The maximum Gasteiger partial charge on any atom is 0.131 e. The zero-order chi connectivity index (χ0) is 12.2. The van der Waals surface area contributed by atoms with E-state index in [-0.39, 0.29) is 0 Å². The molecule has 1 heteroatoms. The van der Waals surface area contributed by atoms with Gasteiger partial charge < -0.3 is 5.11 Å². The molecule has 0 aliphatic heterocycles. The molecule has 3 aliphatic carbocycles. The zero-order valence-corrected chi connectivity index (χ0v) is 10.5. The van der Waals surface area contributed by atoms with Crippen LogP contribution in [0.2, 0.25) is 0 Å². The van der Waals surface area contributed by atoms with Gasteiger partial charge in [0.25, 0.3) is 0 Å². The third-order valence-corrected chi connectivity index (χ3v) is 5.26. The second kappa shape index (κ2) is 3.62. The van der Waals surface area contributed by atoms with Gasteiger partial charge in [-0.2, -0.15) is 0 Å². The predicted octanol–water partition coefficient (Wildman–Crippen LogP) is 2.84. The van der Waals surface area contributed by atoms with Gasteiger partial charge in [0.2, 0.25) is 0 Å². The second-order valence-corrected chi connectivity index (χ2v) is 6.22. The van der Waals surface area contributed by atoms with Crippen LogP contribution in [0.3, 0.4) is 0 Å². The SMILES string of the molecule is O[C@]1(C#Cc2ccccc2)[C@@H]2CC[C@@H]2C[C@@H]2C[C@@H]21. The molecule has 0 saturated heterocycles. The summed E-state index contributed by atoms with van der Waals surface area (Å²) in [7, 11) is 0. The zero-order valence-electron chi connectivity index (χ0n) is 10.5. The van der Waals surface area contributed by atoms with E-state index in [1.54, 1.807) is 0 Å². The molecule has 0 unspecified atom stereocenters. The topological polar surface area (TPSA) is 20.2 Å². The largest absolute Gasteiger partial charge is 0.377 e. The lowest BCUT2D eigenvalue weighted by Gasteiger charge is -2.48. The molecule has 92 valence electrons. The highest BCUT2D eigenvalue weighted by atomic mass is 16.3. The highest BCUT2D eigenvalue weighted by Crippen LogP contribution is 2.64. The van der Waals surface area contributed by atoms with Crippen molar-refractivity contribution >= 4 is 0 Å². The molecule has 0 heterocycles. The van der Waals surface area contributed by atoms with Gasteiger partial charge >= 0.3 is 0 Å². The Bertz CT molecular complexity index is 524. The van der Waals surface area contributed by atoms with Gasteiger partial charge in [-0.25, -0.2) is 0 Å². The molecule has 3 aliphatic rings. The molecule has 3 saturated carbocycles. The lowest BCUT2D eigenvalue weighted by atomic mass is 9.58. The molecule has 0 radical (unpaired) electrons. The molecular formula is C17H18O. The molecule has 1 nitrogen and oxygen atoms in total. The van der Waals surface area contributed by atoms with Gasteiger partial charge in [-0.15, -0.1) is 0 Å². The summed E-state index contributed by atoms with van der Waals surface area (Å²) in [5.74, 6) is 8.88. The smallest absolute Gasteiger partial charge is 0.131 e. The highest BCUT2D eigenvalue weighted by molar-refractivity contribution is 5.38. The van der Waals surface area contributed by atoms with Gasteiger partial charge in [-0.3, -0.25) is 0 Å². The first-order valence-electron chi connectivity index (χ1n) is 7.08. The van der Waals surface area contributed by atoms with Crippen LogP contribution < -0.4 is 0 Å². The van der Waals surface area contributed by atoms with Gasteiger partial charge in [0.05, 0.1) is 0 Å². The average Bonchev–Trinajstić information content (AvgIpc) is 3.13. The average molecular weight is 238 g/mol.